The topological polar surface area (TPSA) is 173 Å². The number of aromatic amines is 1. The van der Waals surface area contributed by atoms with Gasteiger partial charge in [-0.3, -0.25) is 33.7 Å². The van der Waals surface area contributed by atoms with E-state index >= 15 is 4.39 Å². The highest BCUT2D eigenvalue weighted by atomic mass is 19.1. The molecule has 11 rings (SSSR count). The van der Waals surface area contributed by atoms with Gasteiger partial charge in [0.05, 0.1) is 41.9 Å². The van der Waals surface area contributed by atoms with E-state index in [1.165, 1.54) is 18.2 Å². The van der Waals surface area contributed by atoms with Crippen molar-refractivity contribution in [2.75, 3.05) is 78.5 Å². The summed E-state index contributed by atoms with van der Waals surface area (Å²) in [5, 5.41) is 12.4. The summed E-state index contributed by atoms with van der Waals surface area (Å²) < 4.78 is 51.1. The largest absolute Gasteiger partial charge is 0.375 e. The van der Waals surface area contributed by atoms with Crippen molar-refractivity contribution in [1.82, 2.24) is 44.6 Å². The molecule has 1 unspecified atom stereocenters. The summed E-state index contributed by atoms with van der Waals surface area (Å²) in [4.78, 5) is 91.6. The first-order chi connectivity index (χ1) is 39.8. The maximum Gasteiger partial charge on any atom is 0.272 e. The van der Waals surface area contributed by atoms with Crippen LogP contribution in [0.2, 0.25) is 0 Å². The lowest BCUT2D eigenvalue weighted by molar-refractivity contribution is -0.141. The molecule has 6 heterocycles. The Bertz CT molecular complexity index is 3440. The number of piperidine rings is 3. The Kier molecular flexibility index (Phi) is 17.6. The van der Waals surface area contributed by atoms with Gasteiger partial charge < -0.3 is 34.2 Å². The Balaban J connectivity index is 0.643. The van der Waals surface area contributed by atoms with Gasteiger partial charge in [0.25, 0.3) is 17.0 Å². The Morgan fingerprint density at radius 3 is 2.12 bits per heavy atom. The summed E-state index contributed by atoms with van der Waals surface area (Å²) in [5.41, 5.74) is 2.05. The SMILES string of the molecule is O=C(CN1CCC(OC2CCN(C(=O)[C@@H](C3CCCCC3)n3ccc4c(C5CCCN(C(=O)CNCc6ccc(F)cc6F)C5)cccc4c3=O)CC2)CC1)N1CCN(C(=O)c2cc(Cc3n[nH]c(=O)c4ccccc34)ccc2F)CC1. The summed E-state index contributed by atoms with van der Waals surface area (Å²) in [6, 6.07) is 22.1. The van der Waals surface area contributed by atoms with E-state index in [9.17, 15) is 37.5 Å². The maximum absolute atomic E-state index is 15.2. The molecule has 82 heavy (non-hydrogen) atoms. The number of benzene rings is 4. The Labute approximate surface area is 474 Å². The quantitative estimate of drug-likeness (QED) is 0.106. The number of hydrogen-bond donors (Lipinski definition) is 2. The fraction of sp³-hybridized carbons (Fsp3) is 0.476. The highest BCUT2D eigenvalue weighted by Gasteiger charge is 2.38. The molecule has 2 N–H and O–H groups in total. The number of amides is 4. The predicted octanol–water partition coefficient (Wildman–Crippen LogP) is 7.32. The molecule has 1 aliphatic carbocycles. The lowest BCUT2D eigenvalue weighted by Gasteiger charge is -2.40. The molecule has 4 aliphatic heterocycles. The van der Waals surface area contributed by atoms with Gasteiger partial charge in [-0.2, -0.15) is 5.10 Å². The van der Waals surface area contributed by atoms with E-state index in [-0.39, 0.29) is 96.7 Å². The molecule has 0 spiro atoms. The van der Waals surface area contributed by atoms with Crippen LogP contribution in [0.5, 0.6) is 0 Å². The monoisotopic (exact) mass is 1120 g/mol. The molecule has 0 bridgehead atoms. The first-order valence-corrected chi connectivity index (χ1v) is 29.4. The van der Waals surface area contributed by atoms with E-state index in [4.69, 9.17) is 4.74 Å². The smallest absolute Gasteiger partial charge is 0.272 e. The third-order valence-electron chi connectivity index (χ3n) is 17.8. The minimum absolute atomic E-state index is 0.00255. The normalized spacial score (nSPS) is 19.5. The molecule has 4 aromatic carbocycles. The molecule has 1 saturated carbocycles. The van der Waals surface area contributed by atoms with Crippen LogP contribution in [0.25, 0.3) is 21.5 Å². The molecule has 5 aliphatic rings. The van der Waals surface area contributed by atoms with E-state index in [0.717, 1.165) is 74.8 Å². The van der Waals surface area contributed by atoms with Gasteiger partial charge in [-0.1, -0.05) is 61.7 Å². The van der Waals surface area contributed by atoms with Gasteiger partial charge >= 0.3 is 0 Å². The first kappa shape index (κ1) is 56.6. The number of nitrogens with zero attached hydrogens (tertiary/aromatic N) is 7. The van der Waals surface area contributed by atoms with Gasteiger partial charge in [-0.25, -0.2) is 18.3 Å². The number of piperazine rings is 1. The minimum atomic E-state index is -0.660. The molecule has 4 saturated heterocycles. The van der Waals surface area contributed by atoms with E-state index in [0.29, 0.717) is 99.0 Å². The van der Waals surface area contributed by atoms with E-state index < -0.39 is 29.4 Å². The van der Waals surface area contributed by atoms with Crippen molar-refractivity contribution in [2.45, 2.75) is 108 Å². The van der Waals surface area contributed by atoms with Crippen LogP contribution in [0.4, 0.5) is 13.2 Å². The number of rotatable bonds is 15. The molecular formula is C63H72F3N9O7. The second-order valence-electron chi connectivity index (χ2n) is 23.0. The Morgan fingerprint density at radius 2 is 1.37 bits per heavy atom. The summed E-state index contributed by atoms with van der Waals surface area (Å²) in [6.07, 6.45) is 11.6. The molecule has 6 aromatic rings. The zero-order valence-corrected chi connectivity index (χ0v) is 46.3. The van der Waals surface area contributed by atoms with E-state index in [1.807, 2.05) is 52.4 Å². The lowest BCUT2D eigenvalue weighted by atomic mass is 9.82. The van der Waals surface area contributed by atoms with Gasteiger partial charge in [-0.15, -0.1) is 0 Å². The minimum Gasteiger partial charge on any atom is -0.375 e. The van der Waals surface area contributed by atoms with Crippen LogP contribution in [0.3, 0.4) is 0 Å². The maximum atomic E-state index is 15.2. The van der Waals surface area contributed by atoms with Crippen molar-refractivity contribution < 1.29 is 37.1 Å². The molecule has 0 radical (unpaired) electrons. The van der Waals surface area contributed by atoms with Crippen molar-refractivity contribution >= 4 is 45.2 Å². The number of ether oxygens (including phenoxy) is 1. The van der Waals surface area contributed by atoms with Gasteiger partial charge in [0.1, 0.15) is 23.5 Å². The van der Waals surface area contributed by atoms with Crippen LogP contribution in [-0.4, -0.2) is 154 Å². The first-order valence-electron chi connectivity index (χ1n) is 29.4. The number of carbonyl (C=O) groups excluding carboxylic acids is 4. The lowest BCUT2D eigenvalue weighted by Crippen LogP contribution is -2.53. The van der Waals surface area contributed by atoms with Crippen molar-refractivity contribution in [1.29, 1.82) is 0 Å². The second kappa shape index (κ2) is 25.5. The average molecular weight is 1120 g/mol. The molecule has 16 nitrogen and oxygen atoms in total. The number of halogens is 3. The highest BCUT2D eigenvalue weighted by Crippen LogP contribution is 2.37. The number of fused-ring (bicyclic) bond motifs is 2. The Hall–Kier alpha value is -7.22. The summed E-state index contributed by atoms with van der Waals surface area (Å²) in [7, 11) is 0. The summed E-state index contributed by atoms with van der Waals surface area (Å²) >= 11 is 0. The standard InChI is InChI=1S/C63H72F3N9O7/c64-45-17-16-43(55(66)36-45)37-67-38-57(76)74-24-7-10-44(39-74)48-13-6-14-52-49(48)23-29-75(62(52)80)59(42-8-2-1-3-9-42)63(81)72-27-21-47(22-28-72)82-46-19-25-70(26-20-46)40-58(77)71-30-32-73(33-31-71)61(79)53-34-41(15-18-54(53)65)35-56-50-11-4-5-12-51(50)60(78)69-68-56/h4-6,11-18,23,29,34,36,42,44,46-47,59,67H,1-3,7-10,19-22,24-28,30-33,35,37-40H2,(H,69,78)/t44?,59-/m1/s1. The molecule has 2 aromatic heterocycles. The number of hydrogen-bond acceptors (Lipinski definition) is 10. The highest BCUT2D eigenvalue weighted by molar-refractivity contribution is 5.95. The van der Waals surface area contributed by atoms with Crippen LogP contribution in [0.15, 0.2) is 101 Å². The van der Waals surface area contributed by atoms with Crippen LogP contribution < -0.4 is 16.4 Å². The number of nitrogens with one attached hydrogen (secondary N) is 2. The van der Waals surface area contributed by atoms with Crippen molar-refractivity contribution in [3.63, 3.8) is 0 Å². The van der Waals surface area contributed by atoms with Crippen LogP contribution >= 0.6 is 0 Å². The molecule has 2 atom stereocenters. The fourth-order valence-corrected chi connectivity index (χ4v) is 13.3. The van der Waals surface area contributed by atoms with Gasteiger partial charge in [0, 0.05) is 113 Å². The molecule has 4 amide bonds. The third-order valence-corrected chi connectivity index (χ3v) is 17.8. The van der Waals surface area contributed by atoms with Gasteiger partial charge in [0.2, 0.25) is 17.7 Å². The van der Waals surface area contributed by atoms with E-state index in [1.54, 1.807) is 38.6 Å². The summed E-state index contributed by atoms with van der Waals surface area (Å²) in [6.45, 7) is 5.20. The molecule has 432 valence electrons. The number of carbonyl (C=O) groups is 4. The zero-order chi connectivity index (χ0) is 56.9. The van der Waals surface area contributed by atoms with Crippen LogP contribution in [0, 0.1) is 23.4 Å². The Morgan fingerprint density at radius 1 is 0.646 bits per heavy atom. The number of H-pyrrole nitrogens is 1. The molecule has 5 fully saturated rings. The van der Waals surface area contributed by atoms with Crippen molar-refractivity contribution in [3.8, 4) is 0 Å². The van der Waals surface area contributed by atoms with Gasteiger partial charge in [0.15, 0.2) is 0 Å². The fourth-order valence-electron chi connectivity index (χ4n) is 13.3. The molecular weight excluding hydrogens is 1050 g/mol. The average Bonchev–Trinajstić information content (AvgIpc) is 3.63. The van der Waals surface area contributed by atoms with Crippen LogP contribution in [-0.2, 0) is 32.1 Å². The second-order valence-corrected chi connectivity index (χ2v) is 23.0. The number of likely N-dealkylation sites (tertiary alicyclic amines) is 3. The van der Waals surface area contributed by atoms with E-state index in [2.05, 4.69) is 20.4 Å². The predicted molar refractivity (Wildman–Crippen MR) is 305 cm³/mol. The van der Waals surface area contributed by atoms with Gasteiger partial charge in [-0.05, 0) is 110 Å². The van der Waals surface area contributed by atoms with Crippen LogP contribution in [0.1, 0.15) is 115 Å². The number of aromatic nitrogens is 3. The number of pyridine rings is 1. The van der Waals surface area contributed by atoms with Crippen molar-refractivity contribution in [3.05, 3.63) is 157 Å². The van der Waals surface area contributed by atoms with Crippen molar-refractivity contribution in [2.24, 2.45) is 5.92 Å². The summed E-state index contributed by atoms with van der Waals surface area (Å²) in [5.74, 6) is -2.47. The third kappa shape index (κ3) is 12.7. The zero-order valence-electron chi connectivity index (χ0n) is 46.3. The molecule has 19 heteroatoms.